The van der Waals surface area contributed by atoms with Gasteiger partial charge in [0.25, 0.3) is 0 Å². The molecule has 0 aromatic carbocycles. The van der Waals surface area contributed by atoms with Crippen LogP contribution in [0.15, 0.2) is 0 Å². The van der Waals surface area contributed by atoms with Crippen LogP contribution in [0, 0.1) is 16.7 Å². The van der Waals surface area contributed by atoms with Gasteiger partial charge in [0.1, 0.15) is 0 Å². The van der Waals surface area contributed by atoms with Crippen LogP contribution in [0.5, 0.6) is 0 Å². The molecule has 1 heterocycles. The van der Waals surface area contributed by atoms with Gasteiger partial charge in [-0.2, -0.15) is 5.26 Å². The van der Waals surface area contributed by atoms with Gasteiger partial charge in [0, 0.05) is 12.1 Å². The zero-order valence-electron chi connectivity index (χ0n) is 12.0. The number of likely N-dealkylation sites (tertiary alicyclic amines) is 1. The van der Waals surface area contributed by atoms with Crippen molar-refractivity contribution in [2.75, 3.05) is 6.54 Å². The molecule has 2 unspecified atom stereocenters. The maximum Gasteiger partial charge on any atom is 0.0683 e. The molecule has 0 saturated carbocycles. The van der Waals surface area contributed by atoms with E-state index in [9.17, 15) is 0 Å². The minimum Gasteiger partial charge on any atom is -0.298 e. The van der Waals surface area contributed by atoms with Gasteiger partial charge in [-0.1, -0.05) is 13.3 Å². The van der Waals surface area contributed by atoms with Crippen LogP contribution >= 0.6 is 0 Å². The fraction of sp³-hybridized carbons (Fsp3) is 0.933. The highest BCUT2D eigenvalue weighted by molar-refractivity contribution is 4.91. The first kappa shape index (κ1) is 14.5. The fourth-order valence-corrected chi connectivity index (χ4v) is 2.88. The summed E-state index contributed by atoms with van der Waals surface area (Å²) >= 11 is 0. The van der Waals surface area contributed by atoms with Gasteiger partial charge < -0.3 is 0 Å². The van der Waals surface area contributed by atoms with Gasteiger partial charge >= 0.3 is 0 Å². The van der Waals surface area contributed by atoms with E-state index in [1.807, 2.05) is 13.8 Å². The van der Waals surface area contributed by atoms with E-state index in [0.29, 0.717) is 0 Å². The fourth-order valence-electron chi connectivity index (χ4n) is 2.88. The van der Waals surface area contributed by atoms with E-state index in [2.05, 4.69) is 24.8 Å². The quantitative estimate of drug-likeness (QED) is 0.652. The van der Waals surface area contributed by atoms with Crippen molar-refractivity contribution in [3.05, 3.63) is 0 Å². The van der Waals surface area contributed by atoms with Gasteiger partial charge in [-0.15, -0.1) is 0 Å². The number of hydrogen-bond donors (Lipinski definition) is 0. The van der Waals surface area contributed by atoms with Crippen molar-refractivity contribution < 1.29 is 0 Å². The molecule has 17 heavy (non-hydrogen) atoms. The second-order valence-corrected chi connectivity index (χ2v) is 6.18. The lowest BCUT2D eigenvalue weighted by Gasteiger charge is -2.28. The number of rotatable bonds is 6. The van der Waals surface area contributed by atoms with Gasteiger partial charge in [-0.25, -0.2) is 0 Å². The Hall–Kier alpha value is -0.550. The predicted molar refractivity (Wildman–Crippen MR) is 72.7 cm³/mol. The molecule has 98 valence electrons. The summed E-state index contributed by atoms with van der Waals surface area (Å²) in [5, 5.41) is 8.97. The van der Waals surface area contributed by atoms with E-state index in [0.717, 1.165) is 18.5 Å². The lowest BCUT2D eigenvalue weighted by molar-refractivity contribution is 0.192. The van der Waals surface area contributed by atoms with Crippen LogP contribution in [-0.2, 0) is 0 Å². The van der Waals surface area contributed by atoms with Crippen molar-refractivity contribution in [1.29, 1.82) is 5.26 Å². The highest BCUT2D eigenvalue weighted by Crippen LogP contribution is 2.27. The molecule has 2 nitrogen and oxygen atoms in total. The van der Waals surface area contributed by atoms with E-state index in [-0.39, 0.29) is 5.41 Å². The number of hydrogen-bond acceptors (Lipinski definition) is 2. The van der Waals surface area contributed by atoms with Crippen LogP contribution in [0.4, 0.5) is 0 Å². The smallest absolute Gasteiger partial charge is 0.0683 e. The van der Waals surface area contributed by atoms with Crippen molar-refractivity contribution in [2.24, 2.45) is 5.41 Å². The monoisotopic (exact) mass is 236 g/mol. The van der Waals surface area contributed by atoms with Gasteiger partial charge in [0.2, 0.25) is 0 Å². The zero-order valence-corrected chi connectivity index (χ0v) is 12.0. The van der Waals surface area contributed by atoms with Crippen molar-refractivity contribution in [3.8, 4) is 6.07 Å². The lowest BCUT2D eigenvalue weighted by Crippen LogP contribution is -2.35. The van der Waals surface area contributed by atoms with Crippen LogP contribution in [-0.4, -0.2) is 23.5 Å². The summed E-state index contributed by atoms with van der Waals surface area (Å²) in [7, 11) is 0. The Kier molecular flexibility index (Phi) is 5.46. The van der Waals surface area contributed by atoms with E-state index in [1.54, 1.807) is 0 Å². The maximum atomic E-state index is 8.97. The third kappa shape index (κ3) is 4.32. The molecule has 2 atom stereocenters. The summed E-state index contributed by atoms with van der Waals surface area (Å²) in [4.78, 5) is 2.68. The molecule has 2 heteroatoms. The molecule has 1 saturated heterocycles. The van der Waals surface area contributed by atoms with Gasteiger partial charge in [-0.05, 0) is 59.4 Å². The summed E-state index contributed by atoms with van der Waals surface area (Å²) in [5.74, 6) is 0. The average Bonchev–Trinajstić information content (AvgIpc) is 2.66. The molecule has 0 aromatic heterocycles. The molecule has 0 spiro atoms. The van der Waals surface area contributed by atoms with Crippen LogP contribution in [0.1, 0.15) is 66.2 Å². The number of nitrogens with zero attached hydrogens (tertiary/aromatic N) is 2. The third-order valence-corrected chi connectivity index (χ3v) is 4.19. The molecule has 0 aliphatic carbocycles. The summed E-state index contributed by atoms with van der Waals surface area (Å²) in [6, 6.07) is 3.97. The molecule has 0 N–H and O–H groups in total. The first-order valence-corrected chi connectivity index (χ1v) is 7.17. The number of unbranched alkanes of at least 4 members (excludes halogenated alkanes) is 1. The van der Waals surface area contributed by atoms with Crippen LogP contribution < -0.4 is 0 Å². The topological polar surface area (TPSA) is 27.0 Å². The van der Waals surface area contributed by atoms with Gasteiger partial charge in [0.05, 0.1) is 11.5 Å². The Morgan fingerprint density at radius 3 is 2.59 bits per heavy atom. The molecule has 1 aliphatic heterocycles. The molecule has 1 rings (SSSR count). The van der Waals surface area contributed by atoms with Gasteiger partial charge in [0.15, 0.2) is 0 Å². The Morgan fingerprint density at radius 2 is 2.00 bits per heavy atom. The minimum atomic E-state index is -0.138. The predicted octanol–water partition coefficient (Wildman–Crippen LogP) is 3.97. The van der Waals surface area contributed by atoms with Crippen molar-refractivity contribution in [3.63, 3.8) is 0 Å². The normalized spacial score (nSPS) is 26.1. The summed E-state index contributed by atoms with van der Waals surface area (Å²) in [5.41, 5.74) is -0.138. The van der Waals surface area contributed by atoms with E-state index in [4.69, 9.17) is 5.26 Å². The lowest BCUT2D eigenvalue weighted by atomic mass is 9.89. The van der Waals surface area contributed by atoms with Crippen molar-refractivity contribution >= 4 is 0 Å². The second-order valence-electron chi connectivity index (χ2n) is 6.18. The van der Waals surface area contributed by atoms with Gasteiger partial charge in [-0.3, -0.25) is 4.90 Å². The Bertz CT molecular complexity index is 265. The van der Waals surface area contributed by atoms with E-state index >= 15 is 0 Å². The van der Waals surface area contributed by atoms with Crippen LogP contribution in [0.2, 0.25) is 0 Å². The van der Waals surface area contributed by atoms with Crippen molar-refractivity contribution in [2.45, 2.75) is 78.3 Å². The summed E-state index contributed by atoms with van der Waals surface area (Å²) in [6.45, 7) is 9.96. The Morgan fingerprint density at radius 1 is 1.29 bits per heavy atom. The first-order chi connectivity index (χ1) is 8.00. The highest BCUT2D eigenvalue weighted by Gasteiger charge is 2.28. The maximum absolute atomic E-state index is 8.97. The molecule has 0 radical (unpaired) electrons. The van der Waals surface area contributed by atoms with E-state index in [1.165, 1.54) is 38.6 Å². The Labute approximate surface area is 107 Å². The Balaban J connectivity index is 2.24. The molecule has 1 aliphatic rings. The summed E-state index contributed by atoms with van der Waals surface area (Å²) < 4.78 is 0. The highest BCUT2D eigenvalue weighted by atomic mass is 15.2. The largest absolute Gasteiger partial charge is 0.298 e. The SMILES string of the molecule is CCC1CCC(C)N1CCCCC(C)(C)C#N. The first-order valence-electron chi connectivity index (χ1n) is 7.17. The minimum absolute atomic E-state index is 0.138. The average molecular weight is 236 g/mol. The molecule has 0 bridgehead atoms. The van der Waals surface area contributed by atoms with E-state index < -0.39 is 0 Å². The summed E-state index contributed by atoms with van der Waals surface area (Å²) in [6.07, 6.45) is 7.48. The molecular weight excluding hydrogens is 208 g/mol. The number of nitriles is 1. The molecular formula is C15H28N2. The standard InChI is InChI=1S/C15H28N2/c1-5-14-9-8-13(2)17(14)11-7-6-10-15(3,4)12-16/h13-14H,5-11H2,1-4H3. The molecule has 0 aromatic rings. The van der Waals surface area contributed by atoms with Crippen LogP contribution in [0.25, 0.3) is 0 Å². The second kappa shape index (κ2) is 6.40. The molecule has 0 amide bonds. The van der Waals surface area contributed by atoms with Crippen molar-refractivity contribution in [1.82, 2.24) is 4.90 Å². The third-order valence-electron chi connectivity index (χ3n) is 4.19. The van der Waals surface area contributed by atoms with Crippen LogP contribution in [0.3, 0.4) is 0 Å². The molecule has 1 fully saturated rings. The zero-order chi connectivity index (χ0) is 12.9.